The molecule has 6 nitrogen and oxygen atoms in total. The van der Waals surface area contributed by atoms with Crippen LogP contribution in [0, 0.1) is 0 Å². The van der Waals surface area contributed by atoms with E-state index in [1.807, 2.05) is 41.8 Å². The zero-order chi connectivity index (χ0) is 18.2. The number of likely N-dealkylation sites (N-methyl/N-ethyl adjacent to an activating group) is 1. The first-order valence-corrected chi connectivity index (χ1v) is 9.06. The Hall–Kier alpha value is -2.38. The fourth-order valence-corrected chi connectivity index (χ4v) is 3.59. The largest absolute Gasteiger partial charge is 0.352 e. The molecule has 2 rings (SSSR count). The first kappa shape index (κ1) is 19.0. The number of amides is 3. The predicted molar refractivity (Wildman–Crippen MR) is 99.5 cm³/mol. The summed E-state index contributed by atoms with van der Waals surface area (Å²) in [5.74, 6) is -0.231. The van der Waals surface area contributed by atoms with Gasteiger partial charge < -0.3 is 21.3 Å². The standard InChI is InChI=1S/C18H24N4O2S/c1-22(2)15(16-9-6-10-25-16)12-20-17(23)14(21-18(19)24)11-13-7-4-3-5-8-13/h3-10,14-15H,11-12H2,1-2H3,(H,20,23)(H3,19,21,24)/p+1/t14-,15+/m1/s1. The Kier molecular flexibility index (Phi) is 6.97. The van der Waals surface area contributed by atoms with Gasteiger partial charge in [-0.1, -0.05) is 36.4 Å². The van der Waals surface area contributed by atoms with E-state index in [-0.39, 0.29) is 11.9 Å². The lowest BCUT2D eigenvalue weighted by Crippen LogP contribution is -3.07. The molecule has 0 saturated carbocycles. The van der Waals surface area contributed by atoms with Crippen LogP contribution in [0.4, 0.5) is 4.79 Å². The number of hydrogen-bond donors (Lipinski definition) is 4. The summed E-state index contributed by atoms with van der Waals surface area (Å²) < 4.78 is 0. The zero-order valence-corrected chi connectivity index (χ0v) is 15.3. The molecule has 134 valence electrons. The highest BCUT2D eigenvalue weighted by Gasteiger charge is 2.24. The van der Waals surface area contributed by atoms with Crippen molar-refractivity contribution in [3.8, 4) is 0 Å². The Morgan fingerprint density at radius 3 is 2.44 bits per heavy atom. The summed E-state index contributed by atoms with van der Waals surface area (Å²) in [6.45, 7) is 0.493. The smallest absolute Gasteiger partial charge is 0.312 e. The number of nitrogens with one attached hydrogen (secondary N) is 3. The van der Waals surface area contributed by atoms with Crippen molar-refractivity contribution in [2.24, 2.45) is 5.73 Å². The van der Waals surface area contributed by atoms with Gasteiger partial charge in [-0.05, 0) is 17.0 Å². The Balaban J connectivity index is 2.01. The van der Waals surface area contributed by atoms with Crippen LogP contribution >= 0.6 is 11.3 Å². The topological polar surface area (TPSA) is 88.7 Å². The highest BCUT2D eigenvalue weighted by atomic mass is 32.1. The second-order valence-electron chi connectivity index (χ2n) is 6.14. The molecule has 0 fully saturated rings. The average Bonchev–Trinajstić information content (AvgIpc) is 3.08. The Morgan fingerprint density at radius 1 is 1.16 bits per heavy atom. The van der Waals surface area contributed by atoms with E-state index in [0.717, 1.165) is 5.56 Å². The number of primary amides is 1. The molecule has 1 aromatic heterocycles. The van der Waals surface area contributed by atoms with Gasteiger partial charge in [0.05, 0.1) is 25.5 Å². The maximum atomic E-state index is 12.6. The van der Waals surface area contributed by atoms with E-state index in [2.05, 4.69) is 30.8 Å². The van der Waals surface area contributed by atoms with E-state index in [9.17, 15) is 9.59 Å². The van der Waals surface area contributed by atoms with Gasteiger partial charge in [0.2, 0.25) is 5.91 Å². The third-order valence-electron chi connectivity index (χ3n) is 3.98. The number of carbonyl (C=O) groups is 2. The van der Waals surface area contributed by atoms with Crippen LogP contribution in [-0.4, -0.2) is 38.6 Å². The molecule has 3 amide bonds. The molecule has 2 aromatic rings. The minimum Gasteiger partial charge on any atom is -0.352 e. The quantitative estimate of drug-likeness (QED) is 0.546. The molecule has 1 aromatic carbocycles. The van der Waals surface area contributed by atoms with E-state index in [0.29, 0.717) is 13.0 Å². The summed E-state index contributed by atoms with van der Waals surface area (Å²) >= 11 is 1.67. The fraction of sp³-hybridized carbons (Fsp3) is 0.333. The molecule has 2 atom stereocenters. The normalized spacial score (nSPS) is 13.2. The second-order valence-corrected chi connectivity index (χ2v) is 7.12. The average molecular weight is 361 g/mol. The first-order chi connectivity index (χ1) is 12.0. The monoisotopic (exact) mass is 361 g/mol. The molecule has 0 bridgehead atoms. The molecular formula is C18H25N4O2S+. The van der Waals surface area contributed by atoms with Crippen molar-refractivity contribution < 1.29 is 14.5 Å². The number of urea groups is 1. The van der Waals surface area contributed by atoms with Gasteiger partial charge in [0.1, 0.15) is 12.1 Å². The van der Waals surface area contributed by atoms with Crippen LogP contribution in [0.3, 0.4) is 0 Å². The van der Waals surface area contributed by atoms with Crippen molar-refractivity contribution in [2.75, 3.05) is 20.6 Å². The lowest BCUT2D eigenvalue weighted by Gasteiger charge is -2.23. The minimum atomic E-state index is -0.705. The molecule has 1 heterocycles. The third-order valence-corrected chi connectivity index (χ3v) is 4.97. The summed E-state index contributed by atoms with van der Waals surface area (Å²) in [7, 11) is 4.11. The number of carbonyl (C=O) groups excluding carboxylic acids is 2. The number of nitrogens with two attached hydrogens (primary N) is 1. The van der Waals surface area contributed by atoms with Crippen LogP contribution in [0.25, 0.3) is 0 Å². The number of hydrogen-bond acceptors (Lipinski definition) is 3. The lowest BCUT2D eigenvalue weighted by molar-refractivity contribution is -0.890. The van der Waals surface area contributed by atoms with Crippen molar-refractivity contribution in [1.29, 1.82) is 0 Å². The van der Waals surface area contributed by atoms with Crippen molar-refractivity contribution in [3.05, 3.63) is 58.3 Å². The number of thiophene rings is 1. The van der Waals surface area contributed by atoms with Crippen molar-refractivity contribution in [1.82, 2.24) is 10.6 Å². The van der Waals surface area contributed by atoms with Crippen LogP contribution in [0.15, 0.2) is 47.8 Å². The predicted octanol–water partition coefficient (Wildman–Crippen LogP) is 0.330. The minimum absolute atomic E-state index is 0.162. The van der Waals surface area contributed by atoms with Crippen molar-refractivity contribution in [3.63, 3.8) is 0 Å². The maximum absolute atomic E-state index is 12.6. The van der Waals surface area contributed by atoms with Gasteiger partial charge in [-0.15, -0.1) is 11.3 Å². The number of quaternary nitrogens is 1. The van der Waals surface area contributed by atoms with Crippen molar-refractivity contribution >= 4 is 23.3 Å². The van der Waals surface area contributed by atoms with Gasteiger partial charge in [-0.2, -0.15) is 0 Å². The van der Waals surface area contributed by atoms with Crippen LogP contribution in [-0.2, 0) is 11.2 Å². The fourth-order valence-electron chi connectivity index (χ4n) is 2.64. The van der Waals surface area contributed by atoms with E-state index in [1.54, 1.807) is 11.3 Å². The van der Waals surface area contributed by atoms with Crippen LogP contribution < -0.4 is 21.3 Å². The molecule has 5 N–H and O–H groups in total. The van der Waals surface area contributed by atoms with Gasteiger partial charge in [-0.25, -0.2) is 4.79 Å². The molecule has 0 unspecified atom stereocenters. The molecule has 7 heteroatoms. The van der Waals surface area contributed by atoms with E-state index >= 15 is 0 Å². The van der Waals surface area contributed by atoms with Gasteiger partial charge in [0.25, 0.3) is 0 Å². The second kappa shape index (κ2) is 9.19. The summed E-state index contributed by atoms with van der Waals surface area (Å²) in [5.41, 5.74) is 6.20. The zero-order valence-electron chi connectivity index (χ0n) is 14.5. The molecular weight excluding hydrogens is 336 g/mol. The molecule has 0 aliphatic rings. The maximum Gasteiger partial charge on any atom is 0.312 e. The summed E-state index contributed by atoms with van der Waals surface area (Å²) in [5, 5.41) is 7.52. The Bertz CT molecular complexity index is 674. The molecule has 25 heavy (non-hydrogen) atoms. The molecule has 0 spiro atoms. The molecule has 0 radical (unpaired) electrons. The number of rotatable bonds is 8. The van der Waals surface area contributed by atoms with Gasteiger partial charge in [0, 0.05) is 6.42 Å². The summed E-state index contributed by atoms with van der Waals surface area (Å²) in [4.78, 5) is 26.3. The highest BCUT2D eigenvalue weighted by molar-refractivity contribution is 7.10. The summed E-state index contributed by atoms with van der Waals surface area (Å²) in [6.07, 6.45) is 0.397. The Labute approximate surface area is 152 Å². The molecule has 0 aliphatic heterocycles. The lowest BCUT2D eigenvalue weighted by atomic mass is 10.1. The van der Waals surface area contributed by atoms with E-state index in [1.165, 1.54) is 9.78 Å². The highest BCUT2D eigenvalue weighted by Crippen LogP contribution is 2.15. The SMILES string of the molecule is C[NH+](C)[C@@H](CNC(=O)[C@@H](Cc1ccccc1)NC(N)=O)c1cccs1. The summed E-state index contributed by atoms with van der Waals surface area (Å²) in [6, 6.07) is 12.4. The van der Waals surface area contributed by atoms with E-state index in [4.69, 9.17) is 5.73 Å². The van der Waals surface area contributed by atoms with Crippen LogP contribution in [0.1, 0.15) is 16.5 Å². The first-order valence-electron chi connectivity index (χ1n) is 8.18. The molecule has 0 saturated heterocycles. The molecule has 0 aliphatic carbocycles. The van der Waals surface area contributed by atoms with Gasteiger partial charge in [-0.3, -0.25) is 4.79 Å². The van der Waals surface area contributed by atoms with Crippen LogP contribution in [0.2, 0.25) is 0 Å². The Morgan fingerprint density at radius 2 is 1.88 bits per heavy atom. The number of benzene rings is 1. The van der Waals surface area contributed by atoms with Crippen molar-refractivity contribution in [2.45, 2.75) is 18.5 Å². The van der Waals surface area contributed by atoms with Gasteiger partial charge in [0.15, 0.2) is 0 Å². The van der Waals surface area contributed by atoms with E-state index < -0.39 is 12.1 Å². The van der Waals surface area contributed by atoms with Gasteiger partial charge >= 0.3 is 6.03 Å². The van der Waals surface area contributed by atoms with Crippen LogP contribution in [0.5, 0.6) is 0 Å². The third kappa shape index (κ3) is 5.88.